The number of halogens is 1. The first-order valence-corrected chi connectivity index (χ1v) is 12.7. The van der Waals surface area contributed by atoms with E-state index in [-0.39, 0.29) is 11.8 Å². The van der Waals surface area contributed by atoms with E-state index in [0.29, 0.717) is 61.5 Å². The van der Waals surface area contributed by atoms with Crippen LogP contribution in [0.5, 0.6) is 16.7 Å². The van der Waals surface area contributed by atoms with Crippen molar-refractivity contribution in [3.05, 3.63) is 76.6 Å². The smallest absolute Gasteiger partial charge is 0.279 e. The molecule has 2 aliphatic rings. The lowest BCUT2D eigenvalue weighted by Crippen LogP contribution is -2.32. The van der Waals surface area contributed by atoms with Crippen LogP contribution in [0, 0.1) is 5.92 Å². The van der Waals surface area contributed by atoms with Crippen molar-refractivity contribution in [3.63, 3.8) is 0 Å². The number of hydrogen-bond acceptors (Lipinski definition) is 8. The Kier molecular flexibility index (Phi) is 5.73. The number of fused-ring (bicyclic) bond motifs is 1. The summed E-state index contributed by atoms with van der Waals surface area (Å²) in [5.41, 5.74) is 1.86. The molecule has 10 heteroatoms. The highest BCUT2D eigenvalue weighted by molar-refractivity contribution is 7.16. The Bertz CT molecular complexity index is 1440. The Labute approximate surface area is 215 Å². The summed E-state index contributed by atoms with van der Waals surface area (Å²) in [5, 5.41) is 4.90. The Hall–Kier alpha value is -3.69. The van der Waals surface area contributed by atoms with Crippen LogP contribution in [0.1, 0.15) is 52.1 Å². The molecule has 1 unspecified atom stereocenters. The van der Waals surface area contributed by atoms with Gasteiger partial charge in [-0.3, -0.25) is 14.5 Å². The SMILES string of the molecule is CC(c1conc1-c1cnc(Oc2ccc(OCC3CC3)cc2Cl)s1)N1C(=O)c2ccccc2C1=O. The molecule has 0 radical (unpaired) electrons. The minimum atomic E-state index is -0.595. The summed E-state index contributed by atoms with van der Waals surface area (Å²) < 4.78 is 16.9. The zero-order chi connectivity index (χ0) is 24.8. The third-order valence-corrected chi connectivity index (χ3v) is 7.44. The van der Waals surface area contributed by atoms with Gasteiger partial charge in [-0.05, 0) is 49.9 Å². The van der Waals surface area contributed by atoms with Gasteiger partial charge in [-0.15, -0.1) is 0 Å². The highest BCUT2D eigenvalue weighted by Crippen LogP contribution is 2.40. The standard InChI is InChI=1S/C26H20ClN3O5S/c1-14(30-24(31)17-4-2-3-5-18(17)25(30)32)19-13-34-29-23(19)22-11-28-26(36-22)35-21-9-8-16(10-20(21)27)33-12-15-6-7-15/h2-5,8-11,13-15H,6-7,12H2,1H3. The largest absolute Gasteiger partial charge is 0.493 e. The zero-order valence-electron chi connectivity index (χ0n) is 19.1. The van der Waals surface area contributed by atoms with E-state index in [0.717, 1.165) is 0 Å². The van der Waals surface area contributed by atoms with Gasteiger partial charge in [0.1, 0.15) is 23.5 Å². The number of ether oxygens (including phenoxy) is 2. The summed E-state index contributed by atoms with van der Waals surface area (Å²) in [6.45, 7) is 2.47. The predicted molar refractivity (Wildman–Crippen MR) is 133 cm³/mol. The number of aromatic nitrogens is 2. The van der Waals surface area contributed by atoms with Gasteiger partial charge in [0.2, 0.25) is 0 Å². The zero-order valence-corrected chi connectivity index (χ0v) is 20.7. The molecule has 2 amide bonds. The summed E-state index contributed by atoms with van der Waals surface area (Å²) in [4.78, 5) is 32.1. The normalized spacial score (nSPS) is 15.8. The van der Waals surface area contributed by atoms with Crippen LogP contribution in [0.3, 0.4) is 0 Å². The van der Waals surface area contributed by atoms with Crippen molar-refractivity contribution >= 4 is 34.8 Å². The average Bonchev–Trinajstić information content (AvgIpc) is 3.27. The van der Waals surface area contributed by atoms with E-state index in [1.807, 2.05) is 6.07 Å². The maximum absolute atomic E-state index is 12.9. The van der Waals surface area contributed by atoms with Crippen LogP contribution < -0.4 is 9.47 Å². The summed E-state index contributed by atoms with van der Waals surface area (Å²) >= 11 is 7.65. The number of carbonyl (C=O) groups excluding carboxylic acids is 2. The van der Waals surface area contributed by atoms with Crippen molar-refractivity contribution < 1.29 is 23.6 Å². The van der Waals surface area contributed by atoms with Gasteiger partial charge in [0.15, 0.2) is 0 Å². The van der Waals surface area contributed by atoms with Crippen LogP contribution >= 0.6 is 22.9 Å². The minimum absolute atomic E-state index is 0.345. The molecular formula is C26H20ClN3O5S. The molecule has 0 saturated heterocycles. The fourth-order valence-electron chi connectivity index (χ4n) is 4.09. The number of carbonyl (C=O) groups is 2. The Morgan fingerprint density at radius 1 is 1.17 bits per heavy atom. The predicted octanol–water partition coefficient (Wildman–Crippen LogP) is 6.39. The molecule has 6 rings (SSSR count). The van der Waals surface area contributed by atoms with Gasteiger partial charge in [0.25, 0.3) is 17.0 Å². The summed E-state index contributed by atoms with van der Waals surface area (Å²) in [7, 11) is 0. The highest BCUT2D eigenvalue weighted by Gasteiger charge is 2.40. The molecule has 1 aliphatic heterocycles. The van der Waals surface area contributed by atoms with Crippen molar-refractivity contribution in [1.82, 2.24) is 15.0 Å². The van der Waals surface area contributed by atoms with Crippen LogP contribution in [0.4, 0.5) is 0 Å². The van der Waals surface area contributed by atoms with E-state index in [9.17, 15) is 9.59 Å². The number of hydrogen-bond donors (Lipinski definition) is 0. The van der Waals surface area contributed by atoms with E-state index in [1.54, 1.807) is 49.5 Å². The second-order valence-corrected chi connectivity index (χ2v) is 10.2. The number of nitrogens with zero attached hydrogens (tertiary/aromatic N) is 3. The topological polar surface area (TPSA) is 94.8 Å². The summed E-state index contributed by atoms with van der Waals surface area (Å²) in [6.07, 6.45) is 5.48. The first-order chi connectivity index (χ1) is 17.5. The Morgan fingerprint density at radius 2 is 1.92 bits per heavy atom. The van der Waals surface area contributed by atoms with Gasteiger partial charge in [-0.2, -0.15) is 0 Å². The summed E-state index contributed by atoms with van der Waals surface area (Å²) in [5.74, 6) is 1.12. The molecule has 1 fully saturated rings. The Balaban J connectivity index is 1.20. The van der Waals surface area contributed by atoms with Crippen molar-refractivity contribution in [3.8, 4) is 27.3 Å². The number of rotatable bonds is 8. The quantitative estimate of drug-likeness (QED) is 0.248. The van der Waals surface area contributed by atoms with Gasteiger partial charge in [-0.1, -0.05) is 40.2 Å². The van der Waals surface area contributed by atoms with Crippen LogP contribution in [-0.4, -0.2) is 33.5 Å². The Morgan fingerprint density at radius 3 is 2.61 bits per heavy atom. The molecule has 1 atom stereocenters. The third-order valence-electron chi connectivity index (χ3n) is 6.26. The van der Waals surface area contributed by atoms with E-state index in [4.69, 9.17) is 25.6 Å². The molecule has 0 spiro atoms. The van der Waals surface area contributed by atoms with Crippen molar-refractivity contribution in [2.24, 2.45) is 5.92 Å². The maximum Gasteiger partial charge on any atom is 0.279 e. The molecular weight excluding hydrogens is 502 g/mol. The molecule has 36 heavy (non-hydrogen) atoms. The fourth-order valence-corrected chi connectivity index (χ4v) is 5.08. The van der Waals surface area contributed by atoms with E-state index < -0.39 is 6.04 Å². The molecule has 8 nitrogen and oxygen atoms in total. The lowest BCUT2D eigenvalue weighted by Gasteiger charge is -2.21. The number of imide groups is 1. The lowest BCUT2D eigenvalue weighted by molar-refractivity contribution is 0.0595. The monoisotopic (exact) mass is 521 g/mol. The second-order valence-electron chi connectivity index (χ2n) is 8.76. The fraction of sp³-hybridized carbons (Fsp3) is 0.231. The van der Waals surface area contributed by atoms with Crippen LogP contribution in [0.2, 0.25) is 5.02 Å². The maximum atomic E-state index is 12.9. The molecule has 0 bridgehead atoms. The van der Waals surface area contributed by atoms with E-state index in [1.165, 1.54) is 35.3 Å². The highest BCUT2D eigenvalue weighted by atomic mass is 35.5. The van der Waals surface area contributed by atoms with Crippen LogP contribution in [-0.2, 0) is 0 Å². The molecule has 4 aromatic rings. The van der Waals surface area contributed by atoms with Gasteiger partial charge in [-0.25, -0.2) is 4.98 Å². The molecule has 0 N–H and O–H groups in total. The van der Waals surface area contributed by atoms with Gasteiger partial charge < -0.3 is 14.0 Å². The second kappa shape index (κ2) is 9.07. The van der Waals surface area contributed by atoms with Crippen molar-refractivity contribution in [1.29, 1.82) is 0 Å². The minimum Gasteiger partial charge on any atom is -0.493 e. The molecule has 182 valence electrons. The van der Waals surface area contributed by atoms with Gasteiger partial charge in [0.05, 0.1) is 39.9 Å². The number of benzene rings is 2. The molecule has 2 aromatic carbocycles. The average molecular weight is 522 g/mol. The third kappa shape index (κ3) is 4.14. The van der Waals surface area contributed by atoms with Gasteiger partial charge in [0, 0.05) is 11.6 Å². The molecule has 1 saturated carbocycles. The number of thiazole rings is 1. The van der Waals surface area contributed by atoms with Crippen LogP contribution in [0.25, 0.3) is 10.6 Å². The van der Waals surface area contributed by atoms with Crippen molar-refractivity contribution in [2.45, 2.75) is 25.8 Å². The lowest BCUT2D eigenvalue weighted by atomic mass is 10.1. The van der Waals surface area contributed by atoms with Crippen molar-refractivity contribution in [2.75, 3.05) is 6.61 Å². The first-order valence-electron chi connectivity index (χ1n) is 11.5. The number of amides is 2. The molecule has 1 aliphatic carbocycles. The molecule has 3 heterocycles. The van der Waals surface area contributed by atoms with E-state index >= 15 is 0 Å². The summed E-state index contributed by atoms with van der Waals surface area (Å²) in [6, 6.07) is 11.5. The molecule has 2 aromatic heterocycles. The van der Waals surface area contributed by atoms with Gasteiger partial charge >= 0.3 is 0 Å². The first kappa shape index (κ1) is 22.8. The van der Waals surface area contributed by atoms with Crippen LogP contribution in [0.15, 0.2) is 59.4 Å². The van der Waals surface area contributed by atoms with E-state index in [2.05, 4.69) is 10.1 Å².